The number of carbonyl (C=O) groups is 1. The number of carboxylic acid groups (broad SMARTS) is 1. The summed E-state index contributed by atoms with van der Waals surface area (Å²) in [4.78, 5) is 17.9. The molecule has 0 spiro atoms. The molecular formula is C11H8N4O2. The van der Waals surface area contributed by atoms with Crippen LogP contribution in [0.25, 0.3) is 16.9 Å². The Kier molecular flexibility index (Phi) is 1.94. The number of nitrogens with one attached hydrogen (secondary N) is 1. The van der Waals surface area contributed by atoms with Gasteiger partial charge in [-0.05, 0) is 12.1 Å². The molecule has 0 aliphatic heterocycles. The van der Waals surface area contributed by atoms with Gasteiger partial charge in [0.05, 0.1) is 5.69 Å². The molecule has 0 aliphatic carbocycles. The predicted molar refractivity (Wildman–Crippen MR) is 59.7 cm³/mol. The van der Waals surface area contributed by atoms with E-state index in [1.807, 2.05) is 12.3 Å². The maximum atomic E-state index is 10.9. The standard InChI is InChI=1S/C11H8N4O2/c16-11(17)8-5-10-13-4-2-9(15(10)14-8)7-1-3-12-6-7/h1-6,12H,(H,16,17). The third-order valence-corrected chi connectivity index (χ3v) is 2.47. The normalized spacial score (nSPS) is 10.8. The molecular weight excluding hydrogens is 220 g/mol. The third-order valence-electron chi connectivity index (χ3n) is 2.47. The van der Waals surface area contributed by atoms with Crippen LogP contribution in [0.3, 0.4) is 0 Å². The van der Waals surface area contributed by atoms with E-state index in [9.17, 15) is 4.79 Å². The summed E-state index contributed by atoms with van der Waals surface area (Å²) in [7, 11) is 0. The fourth-order valence-electron chi connectivity index (χ4n) is 1.70. The summed E-state index contributed by atoms with van der Waals surface area (Å²) in [6, 6.07) is 5.12. The minimum absolute atomic E-state index is 0.0134. The number of aromatic nitrogens is 4. The highest BCUT2D eigenvalue weighted by molar-refractivity contribution is 5.86. The van der Waals surface area contributed by atoms with Crippen molar-refractivity contribution in [2.24, 2.45) is 0 Å². The van der Waals surface area contributed by atoms with Crippen LogP contribution >= 0.6 is 0 Å². The maximum absolute atomic E-state index is 10.9. The Morgan fingerprint density at radius 3 is 3.00 bits per heavy atom. The van der Waals surface area contributed by atoms with E-state index in [-0.39, 0.29) is 5.69 Å². The van der Waals surface area contributed by atoms with Crippen LogP contribution in [-0.2, 0) is 0 Å². The lowest BCUT2D eigenvalue weighted by Crippen LogP contribution is -1.99. The van der Waals surface area contributed by atoms with Gasteiger partial charge >= 0.3 is 5.97 Å². The molecule has 6 nitrogen and oxygen atoms in total. The highest BCUT2D eigenvalue weighted by Gasteiger charge is 2.12. The lowest BCUT2D eigenvalue weighted by Gasteiger charge is -2.00. The Labute approximate surface area is 95.5 Å². The summed E-state index contributed by atoms with van der Waals surface area (Å²) < 4.78 is 1.52. The van der Waals surface area contributed by atoms with Crippen molar-refractivity contribution in [3.8, 4) is 11.3 Å². The SMILES string of the molecule is O=C(O)c1cc2nccc(-c3cc[nH]c3)n2n1. The van der Waals surface area contributed by atoms with Crippen molar-refractivity contribution in [2.45, 2.75) is 0 Å². The lowest BCUT2D eigenvalue weighted by atomic mass is 10.2. The van der Waals surface area contributed by atoms with Crippen LogP contribution in [0.5, 0.6) is 0 Å². The van der Waals surface area contributed by atoms with Gasteiger partial charge in [-0.15, -0.1) is 0 Å². The fraction of sp³-hybridized carbons (Fsp3) is 0. The van der Waals surface area contributed by atoms with Crippen molar-refractivity contribution < 1.29 is 9.90 Å². The summed E-state index contributed by atoms with van der Waals surface area (Å²) in [5, 5.41) is 12.9. The van der Waals surface area contributed by atoms with E-state index < -0.39 is 5.97 Å². The number of hydrogen-bond acceptors (Lipinski definition) is 3. The van der Waals surface area contributed by atoms with Crippen LogP contribution in [0.4, 0.5) is 0 Å². The number of hydrogen-bond donors (Lipinski definition) is 2. The van der Waals surface area contributed by atoms with Crippen molar-refractivity contribution in [1.82, 2.24) is 19.6 Å². The number of carboxylic acids is 1. The Morgan fingerprint density at radius 1 is 1.41 bits per heavy atom. The molecule has 0 radical (unpaired) electrons. The quantitative estimate of drug-likeness (QED) is 0.694. The second-order valence-electron chi connectivity index (χ2n) is 3.53. The van der Waals surface area contributed by atoms with Gasteiger partial charge in [0.25, 0.3) is 0 Å². The zero-order valence-electron chi connectivity index (χ0n) is 8.66. The van der Waals surface area contributed by atoms with Crippen molar-refractivity contribution >= 4 is 11.6 Å². The van der Waals surface area contributed by atoms with Gasteiger partial charge in [-0.2, -0.15) is 5.10 Å². The topological polar surface area (TPSA) is 83.3 Å². The minimum Gasteiger partial charge on any atom is -0.476 e. The van der Waals surface area contributed by atoms with E-state index in [2.05, 4.69) is 15.1 Å². The zero-order valence-corrected chi connectivity index (χ0v) is 8.66. The molecule has 0 atom stereocenters. The summed E-state index contributed by atoms with van der Waals surface area (Å²) in [5.41, 5.74) is 2.22. The molecule has 0 saturated carbocycles. The van der Waals surface area contributed by atoms with Crippen LogP contribution in [0.1, 0.15) is 10.5 Å². The zero-order chi connectivity index (χ0) is 11.8. The highest BCUT2D eigenvalue weighted by atomic mass is 16.4. The van der Waals surface area contributed by atoms with Crippen LogP contribution < -0.4 is 0 Å². The summed E-state index contributed by atoms with van der Waals surface area (Å²) in [6.45, 7) is 0. The molecule has 3 rings (SSSR count). The Hall–Kier alpha value is -2.63. The van der Waals surface area contributed by atoms with Crippen molar-refractivity contribution in [2.75, 3.05) is 0 Å². The molecule has 2 N–H and O–H groups in total. The summed E-state index contributed by atoms with van der Waals surface area (Å²) in [5.74, 6) is -1.06. The molecule has 3 aromatic heterocycles. The summed E-state index contributed by atoms with van der Waals surface area (Å²) >= 11 is 0. The van der Waals surface area contributed by atoms with Crippen molar-refractivity contribution in [3.05, 3.63) is 42.5 Å². The average Bonchev–Trinajstić information content (AvgIpc) is 2.97. The predicted octanol–water partition coefficient (Wildman–Crippen LogP) is 1.42. The number of H-pyrrole nitrogens is 1. The first-order valence-corrected chi connectivity index (χ1v) is 4.97. The monoisotopic (exact) mass is 228 g/mol. The average molecular weight is 228 g/mol. The Balaban J connectivity index is 2.29. The van der Waals surface area contributed by atoms with Crippen LogP contribution in [-0.4, -0.2) is 30.7 Å². The molecule has 84 valence electrons. The lowest BCUT2D eigenvalue weighted by molar-refractivity contribution is 0.0690. The molecule has 0 aromatic carbocycles. The van der Waals surface area contributed by atoms with Gasteiger partial charge in [-0.3, -0.25) is 0 Å². The molecule has 0 aliphatic rings. The maximum Gasteiger partial charge on any atom is 0.356 e. The van der Waals surface area contributed by atoms with Crippen LogP contribution in [0.2, 0.25) is 0 Å². The number of nitrogens with zero attached hydrogens (tertiary/aromatic N) is 3. The van der Waals surface area contributed by atoms with E-state index in [1.165, 1.54) is 10.6 Å². The van der Waals surface area contributed by atoms with Crippen molar-refractivity contribution in [3.63, 3.8) is 0 Å². The van der Waals surface area contributed by atoms with Crippen LogP contribution in [0.15, 0.2) is 36.8 Å². The Bertz CT molecular complexity index is 685. The number of aromatic carboxylic acids is 1. The van der Waals surface area contributed by atoms with E-state index >= 15 is 0 Å². The largest absolute Gasteiger partial charge is 0.476 e. The highest BCUT2D eigenvalue weighted by Crippen LogP contribution is 2.19. The van der Waals surface area contributed by atoms with Gasteiger partial charge in [0.1, 0.15) is 0 Å². The van der Waals surface area contributed by atoms with Gasteiger partial charge in [0.2, 0.25) is 0 Å². The Morgan fingerprint density at radius 2 is 2.29 bits per heavy atom. The smallest absolute Gasteiger partial charge is 0.356 e. The summed E-state index contributed by atoms with van der Waals surface area (Å²) in [6.07, 6.45) is 5.24. The van der Waals surface area contributed by atoms with E-state index in [1.54, 1.807) is 18.5 Å². The van der Waals surface area contributed by atoms with Gasteiger partial charge in [0, 0.05) is 30.2 Å². The minimum atomic E-state index is -1.06. The van der Waals surface area contributed by atoms with Gasteiger partial charge in [0.15, 0.2) is 11.3 Å². The van der Waals surface area contributed by atoms with Gasteiger partial charge in [-0.1, -0.05) is 0 Å². The number of aromatic amines is 1. The van der Waals surface area contributed by atoms with Crippen molar-refractivity contribution in [1.29, 1.82) is 0 Å². The molecule has 0 saturated heterocycles. The second-order valence-corrected chi connectivity index (χ2v) is 3.53. The van der Waals surface area contributed by atoms with Gasteiger partial charge < -0.3 is 10.1 Å². The van der Waals surface area contributed by atoms with E-state index in [0.29, 0.717) is 5.65 Å². The first-order valence-electron chi connectivity index (χ1n) is 4.97. The van der Waals surface area contributed by atoms with Crippen LogP contribution in [0, 0.1) is 0 Å². The van der Waals surface area contributed by atoms with E-state index in [4.69, 9.17) is 5.11 Å². The first kappa shape index (κ1) is 9.59. The van der Waals surface area contributed by atoms with Gasteiger partial charge in [-0.25, -0.2) is 14.3 Å². The molecule has 0 amide bonds. The molecule has 0 bridgehead atoms. The number of rotatable bonds is 2. The second kappa shape index (κ2) is 3.44. The molecule has 0 unspecified atom stereocenters. The fourth-order valence-corrected chi connectivity index (χ4v) is 1.70. The molecule has 3 aromatic rings. The molecule has 17 heavy (non-hydrogen) atoms. The molecule has 3 heterocycles. The number of fused-ring (bicyclic) bond motifs is 1. The van der Waals surface area contributed by atoms with E-state index in [0.717, 1.165) is 11.3 Å². The molecule has 6 heteroatoms. The molecule has 0 fully saturated rings. The third kappa shape index (κ3) is 1.46. The first-order chi connectivity index (χ1) is 8.25.